The molecule has 1 heterocycles. The average molecular weight is 281 g/mol. The van der Waals surface area contributed by atoms with E-state index in [1.807, 2.05) is 0 Å². The van der Waals surface area contributed by atoms with Gasteiger partial charge in [-0.15, -0.1) is 11.3 Å². The van der Waals surface area contributed by atoms with E-state index in [1.165, 1.54) is 31.4 Å². The highest BCUT2D eigenvalue weighted by molar-refractivity contribution is 7.09. The molecular weight excluding hydrogens is 254 g/mol. The van der Waals surface area contributed by atoms with Crippen molar-refractivity contribution >= 4 is 11.3 Å². The van der Waals surface area contributed by atoms with Crippen LogP contribution in [0.1, 0.15) is 43.3 Å². The lowest BCUT2D eigenvalue weighted by Crippen LogP contribution is -2.44. The van der Waals surface area contributed by atoms with E-state index in [1.54, 1.807) is 11.3 Å². The lowest BCUT2D eigenvalue weighted by atomic mass is 9.79. The van der Waals surface area contributed by atoms with Crippen molar-refractivity contribution in [3.8, 4) is 0 Å². The van der Waals surface area contributed by atoms with Gasteiger partial charge in [-0.2, -0.15) is 0 Å². The van der Waals surface area contributed by atoms with E-state index in [0.717, 1.165) is 29.9 Å². The molecule has 0 saturated heterocycles. The fraction of sp³-hybridized carbons (Fsp3) is 0.800. The molecular formula is C15H27N3S. The molecule has 1 aromatic heterocycles. The van der Waals surface area contributed by atoms with Crippen molar-refractivity contribution in [1.82, 2.24) is 9.88 Å². The first-order chi connectivity index (χ1) is 9.10. The molecule has 2 rings (SSSR count). The maximum absolute atomic E-state index is 6.04. The topological polar surface area (TPSA) is 42.2 Å². The van der Waals surface area contributed by atoms with Gasteiger partial charge in [-0.3, -0.25) is 4.90 Å². The van der Waals surface area contributed by atoms with E-state index in [2.05, 4.69) is 36.2 Å². The summed E-state index contributed by atoms with van der Waals surface area (Å²) in [5.41, 5.74) is 7.23. The van der Waals surface area contributed by atoms with E-state index in [0.29, 0.717) is 6.04 Å². The molecule has 1 atom stereocenters. The van der Waals surface area contributed by atoms with E-state index >= 15 is 0 Å². The first-order valence-corrected chi connectivity index (χ1v) is 8.29. The van der Waals surface area contributed by atoms with Crippen LogP contribution in [-0.2, 0) is 6.54 Å². The smallest absolute Gasteiger partial charge is 0.0897 e. The Kier molecular flexibility index (Phi) is 5.37. The molecule has 1 unspecified atom stereocenters. The Morgan fingerprint density at radius 3 is 2.63 bits per heavy atom. The minimum absolute atomic E-state index is 0.509. The van der Waals surface area contributed by atoms with E-state index in [4.69, 9.17) is 5.73 Å². The Labute approximate surface area is 121 Å². The fourth-order valence-electron chi connectivity index (χ4n) is 3.26. The first-order valence-electron chi connectivity index (χ1n) is 7.41. The zero-order valence-electron chi connectivity index (χ0n) is 12.4. The largest absolute Gasteiger partial charge is 0.329 e. The number of thiazole rings is 1. The molecule has 0 aliphatic heterocycles. The predicted octanol–water partition coefficient (Wildman–Crippen LogP) is 3.04. The van der Waals surface area contributed by atoms with Gasteiger partial charge in [0.2, 0.25) is 0 Å². The molecule has 19 heavy (non-hydrogen) atoms. The standard InChI is InChI=1S/C15H27N3S/c1-11-4-6-13(7-5-11)15(8-16)18(3)9-14-10-19-12(2)17-14/h10-11,13,15H,4-9,16H2,1-3H3. The van der Waals surface area contributed by atoms with Crippen LogP contribution >= 0.6 is 11.3 Å². The summed E-state index contributed by atoms with van der Waals surface area (Å²) in [6, 6.07) is 0.509. The SMILES string of the molecule is Cc1nc(CN(C)C(CN)C2CCC(C)CC2)cs1. The van der Waals surface area contributed by atoms with Gasteiger partial charge in [-0.05, 0) is 38.6 Å². The summed E-state index contributed by atoms with van der Waals surface area (Å²) in [6.45, 7) is 6.13. The number of rotatable bonds is 5. The Morgan fingerprint density at radius 2 is 2.11 bits per heavy atom. The minimum Gasteiger partial charge on any atom is -0.329 e. The first kappa shape index (κ1) is 14.9. The lowest BCUT2D eigenvalue weighted by molar-refractivity contribution is 0.129. The van der Waals surface area contributed by atoms with Gasteiger partial charge in [0.05, 0.1) is 10.7 Å². The zero-order valence-corrected chi connectivity index (χ0v) is 13.2. The van der Waals surface area contributed by atoms with Gasteiger partial charge in [0, 0.05) is 24.5 Å². The Balaban J connectivity index is 1.92. The normalized spacial score (nSPS) is 25.7. The van der Waals surface area contributed by atoms with Gasteiger partial charge in [-0.25, -0.2) is 4.98 Å². The predicted molar refractivity (Wildman–Crippen MR) is 82.3 cm³/mol. The van der Waals surface area contributed by atoms with Crippen LogP contribution in [0.2, 0.25) is 0 Å². The van der Waals surface area contributed by atoms with Gasteiger partial charge in [-0.1, -0.05) is 19.8 Å². The number of likely N-dealkylation sites (N-methyl/N-ethyl adjacent to an activating group) is 1. The second kappa shape index (κ2) is 6.82. The summed E-state index contributed by atoms with van der Waals surface area (Å²) in [4.78, 5) is 6.97. The molecule has 0 spiro atoms. The molecule has 0 amide bonds. The van der Waals surface area contributed by atoms with Crippen LogP contribution in [0.15, 0.2) is 5.38 Å². The monoisotopic (exact) mass is 281 g/mol. The van der Waals surface area contributed by atoms with E-state index in [-0.39, 0.29) is 0 Å². The second-order valence-corrected chi connectivity index (χ2v) is 7.16. The maximum atomic E-state index is 6.04. The van der Waals surface area contributed by atoms with Crippen molar-refractivity contribution in [2.45, 2.75) is 52.1 Å². The van der Waals surface area contributed by atoms with E-state index in [9.17, 15) is 0 Å². The van der Waals surface area contributed by atoms with Crippen molar-refractivity contribution in [1.29, 1.82) is 0 Å². The molecule has 0 radical (unpaired) electrons. The third-order valence-electron chi connectivity index (χ3n) is 4.49. The van der Waals surface area contributed by atoms with Gasteiger partial charge in [0.15, 0.2) is 0 Å². The molecule has 3 nitrogen and oxygen atoms in total. The van der Waals surface area contributed by atoms with E-state index < -0.39 is 0 Å². The quantitative estimate of drug-likeness (QED) is 0.902. The highest BCUT2D eigenvalue weighted by atomic mass is 32.1. The summed E-state index contributed by atoms with van der Waals surface area (Å²) in [5.74, 6) is 1.67. The Hall–Kier alpha value is -0.450. The Bertz CT molecular complexity index is 382. The van der Waals surface area contributed by atoms with Crippen molar-refractivity contribution in [2.24, 2.45) is 17.6 Å². The summed E-state index contributed by atoms with van der Waals surface area (Å²) >= 11 is 1.73. The third-order valence-corrected chi connectivity index (χ3v) is 5.31. The molecule has 1 aromatic rings. The van der Waals surface area contributed by atoms with Crippen LogP contribution < -0.4 is 5.73 Å². The molecule has 1 fully saturated rings. The van der Waals surface area contributed by atoms with Gasteiger partial charge in [0.1, 0.15) is 0 Å². The van der Waals surface area contributed by atoms with Gasteiger partial charge in [0.25, 0.3) is 0 Å². The lowest BCUT2D eigenvalue weighted by Gasteiger charge is -2.37. The zero-order chi connectivity index (χ0) is 13.8. The van der Waals surface area contributed by atoms with Crippen LogP contribution in [0.4, 0.5) is 0 Å². The van der Waals surface area contributed by atoms with Crippen LogP contribution in [-0.4, -0.2) is 29.5 Å². The van der Waals surface area contributed by atoms with Crippen LogP contribution in [0, 0.1) is 18.8 Å². The van der Waals surface area contributed by atoms with Crippen LogP contribution in [0.25, 0.3) is 0 Å². The second-order valence-electron chi connectivity index (χ2n) is 6.10. The molecule has 108 valence electrons. The van der Waals surface area contributed by atoms with Gasteiger partial charge < -0.3 is 5.73 Å². The molecule has 2 N–H and O–H groups in total. The van der Waals surface area contributed by atoms with Crippen molar-refractivity contribution in [3.63, 3.8) is 0 Å². The minimum atomic E-state index is 0.509. The molecule has 1 saturated carbocycles. The van der Waals surface area contributed by atoms with Crippen molar-refractivity contribution in [3.05, 3.63) is 16.1 Å². The number of hydrogen-bond donors (Lipinski definition) is 1. The van der Waals surface area contributed by atoms with Gasteiger partial charge >= 0.3 is 0 Å². The fourth-order valence-corrected chi connectivity index (χ4v) is 3.86. The summed E-state index contributed by atoms with van der Waals surface area (Å²) in [7, 11) is 2.20. The third kappa shape index (κ3) is 4.01. The summed E-state index contributed by atoms with van der Waals surface area (Å²) in [6.07, 6.45) is 5.41. The van der Waals surface area contributed by atoms with Crippen molar-refractivity contribution < 1.29 is 0 Å². The molecule has 1 aliphatic carbocycles. The van der Waals surface area contributed by atoms with Crippen LogP contribution in [0.5, 0.6) is 0 Å². The maximum Gasteiger partial charge on any atom is 0.0897 e. The number of nitrogens with two attached hydrogens (primary N) is 1. The molecule has 4 heteroatoms. The summed E-state index contributed by atoms with van der Waals surface area (Å²) < 4.78 is 0. The van der Waals surface area contributed by atoms with Crippen molar-refractivity contribution in [2.75, 3.05) is 13.6 Å². The number of hydrogen-bond acceptors (Lipinski definition) is 4. The molecule has 0 bridgehead atoms. The summed E-state index contributed by atoms with van der Waals surface area (Å²) in [5, 5.41) is 3.32. The number of nitrogens with zero attached hydrogens (tertiary/aromatic N) is 2. The Morgan fingerprint density at radius 1 is 1.42 bits per heavy atom. The molecule has 0 aromatic carbocycles. The number of aromatic nitrogens is 1. The molecule has 1 aliphatic rings. The van der Waals surface area contributed by atoms with Crippen LogP contribution in [0.3, 0.4) is 0 Å². The highest BCUT2D eigenvalue weighted by Gasteiger charge is 2.28. The average Bonchev–Trinajstić information content (AvgIpc) is 2.78. The highest BCUT2D eigenvalue weighted by Crippen LogP contribution is 2.32. The number of aryl methyl sites for hydroxylation is 1.